The van der Waals surface area contributed by atoms with Gasteiger partial charge in [0.1, 0.15) is 0 Å². The van der Waals surface area contributed by atoms with E-state index in [1.165, 1.54) is 31.2 Å². The molecule has 0 amide bonds. The summed E-state index contributed by atoms with van der Waals surface area (Å²) in [5.41, 5.74) is 8.70. The molecule has 1 aliphatic carbocycles. The van der Waals surface area contributed by atoms with Crippen LogP contribution in [0, 0.1) is 12.8 Å². The van der Waals surface area contributed by atoms with Gasteiger partial charge in [-0.3, -0.25) is 0 Å². The van der Waals surface area contributed by atoms with Gasteiger partial charge in [-0.2, -0.15) is 0 Å². The fraction of sp³-hybridized carbons (Fsp3) is 0.538. The van der Waals surface area contributed by atoms with Crippen molar-refractivity contribution in [3.63, 3.8) is 0 Å². The Morgan fingerprint density at radius 1 is 1.31 bits per heavy atom. The maximum atomic E-state index is 6.32. The highest BCUT2D eigenvalue weighted by atomic mass is 35.5. The molecule has 0 aliphatic heterocycles. The van der Waals surface area contributed by atoms with Crippen molar-refractivity contribution < 1.29 is 0 Å². The first-order chi connectivity index (χ1) is 7.20. The van der Waals surface area contributed by atoms with Crippen LogP contribution >= 0.6 is 24.0 Å². The fourth-order valence-corrected chi connectivity index (χ4v) is 2.97. The molecule has 1 aromatic carbocycles. The largest absolute Gasteiger partial charge is 0.324 e. The van der Waals surface area contributed by atoms with Gasteiger partial charge < -0.3 is 5.73 Å². The molecule has 3 heteroatoms. The maximum Gasteiger partial charge on any atom is 0.0456 e. The Balaban J connectivity index is 0.00000128. The molecular formula is C13H19Cl2N. The highest BCUT2D eigenvalue weighted by Crippen LogP contribution is 2.37. The van der Waals surface area contributed by atoms with Crippen LogP contribution in [0.3, 0.4) is 0 Å². The van der Waals surface area contributed by atoms with Crippen molar-refractivity contribution in [3.8, 4) is 0 Å². The summed E-state index contributed by atoms with van der Waals surface area (Å²) >= 11 is 6.22. The lowest BCUT2D eigenvalue weighted by molar-refractivity contribution is 0.443. The zero-order valence-electron chi connectivity index (χ0n) is 9.58. The van der Waals surface area contributed by atoms with E-state index in [1.807, 2.05) is 12.1 Å². The summed E-state index contributed by atoms with van der Waals surface area (Å²) in [5.74, 6) is 0.628. The average molecular weight is 260 g/mol. The highest BCUT2D eigenvalue weighted by molar-refractivity contribution is 6.31. The molecule has 16 heavy (non-hydrogen) atoms. The third-order valence-corrected chi connectivity index (χ3v) is 3.84. The van der Waals surface area contributed by atoms with E-state index >= 15 is 0 Å². The number of halogens is 2. The zero-order chi connectivity index (χ0) is 10.8. The second-order valence-electron chi connectivity index (χ2n) is 4.54. The minimum absolute atomic E-state index is 0. The van der Waals surface area contributed by atoms with Crippen molar-refractivity contribution in [3.05, 3.63) is 34.3 Å². The second kappa shape index (κ2) is 5.90. The van der Waals surface area contributed by atoms with Crippen LogP contribution in [0.4, 0.5) is 0 Å². The predicted octanol–water partition coefficient (Wildman–Crippen LogP) is 4.26. The smallest absolute Gasteiger partial charge is 0.0456 e. The number of rotatable bonds is 2. The maximum absolute atomic E-state index is 6.32. The first-order valence-electron chi connectivity index (χ1n) is 5.70. The van der Waals surface area contributed by atoms with Gasteiger partial charge >= 0.3 is 0 Å². The van der Waals surface area contributed by atoms with E-state index in [0.717, 1.165) is 10.6 Å². The van der Waals surface area contributed by atoms with E-state index in [2.05, 4.69) is 13.0 Å². The molecule has 0 aromatic heterocycles. The minimum Gasteiger partial charge on any atom is -0.324 e. The van der Waals surface area contributed by atoms with Crippen LogP contribution in [0.1, 0.15) is 42.9 Å². The Kier molecular flexibility index (Phi) is 5.10. The monoisotopic (exact) mass is 259 g/mol. The summed E-state index contributed by atoms with van der Waals surface area (Å²) in [6.45, 7) is 2.09. The molecule has 1 aromatic rings. The van der Waals surface area contributed by atoms with Crippen LogP contribution in [0.2, 0.25) is 5.02 Å². The van der Waals surface area contributed by atoms with Gasteiger partial charge in [-0.25, -0.2) is 0 Å². The standard InChI is InChI=1S/C13H18ClN.ClH/c1-9-5-4-8-11(14)12(9)13(15)10-6-2-3-7-10;/h4-5,8,10,13H,2-3,6-7,15H2,1H3;1H/t13-;/m1./s1. The summed E-state index contributed by atoms with van der Waals surface area (Å²) in [6, 6.07) is 6.15. The molecule has 0 unspecified atom stereocenters. The molecule has 0 heterocycles. The van der Waals surface area contributed by atoms with Gasteiger partial charge in [-0.1, -0.05) is 36.6 Å². The molecule has 0 radical (unpaired) electrons. The summed E-state index contributed by atoms with van der Waals surface area (Å²) < 4.78 is 0. The van der Waals surface area contributed by atoms with Crippen LogP contribution in [0.5, 0.6) is 0 Å². The molecule has 0 bridgehead atoms. The lowest BCUT2D eigenvalue weighted by Gasteiger charge is -2.22. The number of aryl methyl sites for hydroxylation is 1. The van der Waals surface area contributed by atoms with Gasteiger partial charge in [0.15, 0.2) is 0 Å². The van der Waals surface area contributed by atoms with Gasteiger partial charge in [-0.05, 0) is 42.9 Å². The number of hydrogen-bond donors (Lipinski definition) is 1. The Morgan fingerprint density at radius 2 is 1.94 bits per heavy atom. The van der Waals surface area contributed by atoms with Crippen LogP contribution in [0.15, 0.2) is 18.2 Å². The third-order valence-electron chi connectivity index (χ3n) is 3.51. The molecule has 2 rings (SSSR count). The van der Waals surface area contributed by atoms with Crippen LogP contribution < -0.4 is 5.73 Å². The van der Waals surface area contributed by atoms with Gasteiger partial charge in [0, 0.05) is 11.1 Å². The molecule has 1 fully saturated rings. The van der Waals surface area contributed by atoms with Gasteiger partial charge in [-0.15, -0.1) is 12.4 Å². The summed E-state index contributed by atoms with van der Waals surface area (Å²) in [6.07, 6.45) is 5.15. The molecule has 2 N–H and O–H groups in total. The van der Waals surface area contributed by atoms with Crippen molar-refractivity contribution in [2.45, 2.75) is 38.6 Å². The number of benzene rings is 1. The number of hydrogen-bond acceptors (Lipinski definition) is 1. The second-order valence-corrected chi connectivity index (χ2v) is 4.95. The first kappa shape index (κ1) is 13.8. The van der Waals surface area contributed by atoms with Crippen molar-refractivity contribution >= 4 is 24.0 Å². The molecule has 1 aliphatic rings. The Labute approximate surface area is 109 Å². The SMILES string of the molecule is Cc1cccc(Cl)c1[C@H](N)C1CCCC1.Cl. The van der Waals surface area contributed by atoms with E-state index in [9.17, 15) is 0 Å². The van der Waals surface area contributed by atoms with Crippen molar-refractivity contribution in [1.29, 1.82) is 0 Å². The number of nitrogens with two attached hydrogens (primary N) is 1. The quantitative estimate of drug-likeness (QED) is 0.844. The van der Waals surface area contributed by atoms with Crippen molar-refractivity contribution in [1.82, 2.24) is 0 Å². The van der Waals surface area contributed by atoms with Crippen molar-refractivity contribution in [2.24, 2.45) is 11.7 Å². The summed E-state index contributed by atoms with van der Waals surface area (Å²) in [7, 11) is 0. The van der Waals surface area contributed by atoms with Gasteiger partial charge in [0.05, 0.1) is 0 Å². The molecule has 0 saturated heterocycles. The van der Waals surface area contributed by atoms with E-state index in [4.69, 9.17) is 17.3 Å². The Bertz CT molecular complexity index is 326. The average Bonchev–Trinajstić information content (AvgIpc) is 2.69. The molecule has 1 nitrogen and oxygen atoms in total. The lowest BCUT2D eigenvalue weighted by Crippen LogP contribution is -2.20. The first-order valence-corrected chi connectivity index (χ1v) is 6.08. The highest BCUT2D eigenvalue weighted by Gasteiger charge is 2.25. The van der Waals surface area contributed by atoms with E-state index in [-0.39, 0.29) is 18.4 Å². The summed E-state index contributed by atoms with van der Waals surface area (Å²) in [4.78, 5) is 0. The normalized spacial score (nSPS) is 18.2. The van der Waals surface area contributed by atoms with E-state index in [0.29, 0.717) is 5.92 Å². The third kappa shape index (κ3) is 2.71. The molecule has 1 atom stereocenters. The fourth-order valence-electron chi connectivity index (χ4n) is 2.62. The van der Waals surface area contributed by atoms with Gasteiger partial charge in [0.25, 0.3) is 0 Å². The lowest BCUT2D eigenvalue weighted by atomic mass is 9.90. The Morgan fingerprint density at radius 3 is 2.50 bits per heavy atom. The molecule has 90 valence electrons. The van der Waals surface area contributed by atoms with Crippen LogP contribution in [0.25, 0.3) is 0 Å². The predicted molar refractivity (Wildman–Crippen MR) is 72.3 cm³/mol. The summed E-state index contributed by atoms with van der Waals surface area (Å²) in [5, 5.41) is 0.828. The molecular weight excluding hydrogens is 241 g/mol. The Hall–Kier alpha value is -0.240. The topological polar surface area (TPSA) is 26.0 Å². The molecule has 0 spiro atoms. The van der Waals surface area contributed by atoms with E-state index in [1.54, 1.807) is 0 Å². The zero-order valence-corrected chi connectivity index (χ0v) is 11.2. The minimum atomic E-state index is 0. The van der Waals surface area contributed by atoms with Gasteiger partial charge in [0.2, 0.25) is 0 Å². The molecule has 1 saturated carbocycles. The van der Waals surface area contributed by atoms with Crippen LogP contribution in [-0.4, -0.2) is 0 Å². The van der Waals surface area contributed by atoms with Crippen LogP contribution in [-0.2, 0) is 0 Å². The van der Waals surface area contributed by atoms with E-state index < -0.39 is 0 Å². The van der Waals surface area contributed by atoms with Crippen molar-refractivity contribution in [2.75, 3.05) is 0 Å².